The third-order valence-electron chi connectivity index (χ3n) is 3.10. The summed E-state index contributed by atoms with van der Waals surface area (Å²) >= 11 is 0. The van der Waals surface area contributed by atoms with E-state index in [1.54, 1.807) is 13.3 Å². The quantitative estimate of drug-likeness (QED) is 0.914. The monoisotopic (exact) mass is 257 g/mol. The minimum absolute atomic E-state index is 0.770. The molecule has 0 unspecified atom stereocenters. The van der Waals surface area contributed by atoms with Crippen LogP contribution in [0.2, 0.25) is 0 Å². The van der Waals surface area contributed by atoms with E-state index in [0.717, 1.165) is 29.4 Å². The van der Waals surface area contributed by atoms with Crippen LogP contribution in [-0.2, 0) is 6.54 Å². The lowest BCUT2D eigenvalue weighted by Gasteiger charge is -2.19. The van der Waals surface area contributed by atoms with Crippen molar-refractivity contribution in [3.63, 3.8) is 0 Å². The van der Waals surface area contributed by atoms with Crippen LogP contribution in [0.5, 0.6) is 5.75 Å². The van der Waals surface area contributed by atoms with Crippen LogP contribution >= 0.6 is 0 Å². The molecule has 1 aromatic heterocycles. The number of nitrogen functional groups attached to an aromatic ring is 1. The Morgan fingerprint density at radius 2 is 1.95 bits per heavy atom. The molecule has 0 fully saturated rings. The van der Waals surface area contributed by atoms with Crippen LogP contribution in [0, 0.1) is 6.92 Å². The normalized spacial score (nSPS) is 10.3. The summed E-state index contributed by atoms with van der Waals surface area (Å²) < 4.78 is 5.15. The number of hydrogen-bond acceptors (Lipinski definition) is 4. The second kappa shape index (κ2) is 5.61. The topological polar surface area (TPSA) is 51.4 Å². The smallest absolute Gasteiger partial charge is 0.130 e. The Hall–Kier alpha value is -2.23. The number of aromatic nitrogens is 1. The maximum atomic E-state index is 5.91. The molecule has 0 amide bonds. The van der Waals surface area contributed by atoms with Gasteiger partial charge in [0, 0.05) is 31.5 Å². The molecule has 0 saturated carbocycles. The molecule has 0 aliphatic carbocycles. The summed E-state index contributed by atoms with van der Waals surface area (Å²) in [6, 6.07) is 9.92. The van der Waals surface area contributed by atoms with E-state index in [-0.39, 0.29) is 0 Å². The highest BCUT2D eigenvalue weighted by Gasteiger charge is 2.05. The Morgan fingerprint density at radius 1 is 1.26 bits per heavy atom. The lowest BCUT2D eigenvalue weighted by molar-refractivity contribution is 0.414. The Labute approximate surface area is 113 Å². The van der Waals surface area contributed by atoms with Crippen molar-refractivity contribution in [2.45, 2.75) is 13.5 Å². The number of ether oxygens (including phenoxy) is 1. The molecule has 2 aromatic rings. The number of pyridine rings is 1. The highest BCUT2D eigenvalue weighted by Crippen LogP contribution is 2.19. The Balaban J connectivity index is 2.10. The lowest BCUT2D eigenvalue weighted by atomic mass is 10.2. The van der Waals surface area contributed by atoms with Crippen molar-refractivity contribution in [3.05, 3.63) is 47.7 Å². The van der Waals surface area contributed by atoms with Crippen LogP contribution in [-0.4, -0.2) is 19.1 Å². The van der Waals surface area contributed by atoms with Crippen LogP contribution < -0.4 is 15.4 Å². The highest BCUT2D eigenvalue weighted by molar-refractivity contribution is 5.54. The molecule has 4 nitrogen and oxygen atoms in total. The first-order valence-electron chi connectivity index (χ1n) is 6.16. The zero-order valence-electron chi connectivity index (χ0n) is 11.6. The molecule has 2 rings (SSSR count). The molecule has 0 spiro atoms. The van der Waals surface area contributed by atoms with E-state index >= 15 is 0 Å². The number of aryl methyl sites for hydroxylation is 1. The van der Waals surface area contributed by atoms with Gasteiger partial charge in [0.2, 0.25) is 0 Å². The molecule has 0 saturated heterocycles. The van der Waals surface area contributed by atoms with E-state index in [1.807, 2.05) is 44.3 Å². The van der Waals surface area contributed by atoms with Gasteiger partial charge < -0.3 is 15.4 Å². The van der Waals surface area contributed by atoms with Crippen LogP contribution in [0.25, 0.3) is 0 Å². The van der Waals surface area contributed by atoms with Gasteiger partial charge in [-0.05, 0) is 30.2 Å². The Bertz CT molecular complexity index is 552. The maximum Gasteiger partial charge on any atom is 0.130 e. The van der Waals surface area contributed by atoms with E-state index in [2.05, 4.69) is 9.88 Å². The van der Waals surface area contributed by atoms with Crippen molar-refractivity contribution >= 4 is 11.5 Å². The predicted octanol–water partition coefficient (Wildman–Crippen LogP) is 2.62. The van der Waals surface area contributed by atoms with Crippen LogP contribution in [0.1, 0.15) is 11.1 Å². The van der Waals surface area contributed by atoms with Crippen molar-refractivity contribution in [1.82, 2.24) is 4.98 Å². The first-order valence-corrected chi connectivity index (χ1v) is 6.16. The number of nitrogens with zero attached hydrogens (tertiary/aromatic N) is 2. The minimum Gasteiger partial charge on any atom is -0.497 e. The Morgan fingerprint density at radius 3 is 2.53 bits per heavy atom. The fourth-order valence-corrected chi connectivity index (χ4v) is 1.82. The molecule has 0 aliphatic heterocycles. The summed E-state index contributed by atoms with van der Waals surface area (Å²) in [6.07, 6.45) is 1.80. The van der Waals surface area contributed by atoms with E-state index < -0.39 is 0 Å². The molecule has 100 valence electrons. The van der Waals surface area contributed by atoms with Crippen molar-refractivity contribution in [2.75, 3.05) is 24.8 Å². The standard InChI is InChI=1S/C15H19N3O/c1-11-9-17-15(8-14(11)16)18(2)10-12-4-6-13(19-3)7-5-12/h4-9H,10H2,1-3H3,(H2,16,17). The molecule has 1 heterocycles. The third-order valence-corrected chi connectivity index (χ3v) is 3.10. The zero-order valence-corrected chi connectivity index (χ0v) is 11.6. The van der Waals surface area contributed by atoms with Crippen LogP contribution in [0.4, 0.5) is 11.5 Å². The van der Waals surface area contributed by atoms with Gasteiger partial charge in [0.05, 0.1) is 7.11 Å². The molecule has 0 aliphatic rings. The lowest BCUT2D eigenvalue weighted by Crippen LogP contribution is -2.18. The number of benzene rings is 1. The van der Waals surface area contributed by atoms with Gasteiger partial charge >= 0.3 is 0 Å². The van der Waals surface area contributed by atoms with E-state index in [1.165, 1.54) is 5.56 Å². The zero-order chi connectivity index (χ0) is 13.8. The molecule has 0 radical (unpaired) electrons. The fourth-order valence-electron chi connectivity index (χ4n) is 1.82. The summed E-state index contributed by atoms with van der Waals surface area (Å²) in [4.78, 5) is 6.46. The van der Waals surface area contributed by atoms with Gasteiger partial charge in [-0.25, -0.2) is 4.98 Å². The van der Waals surface area contributed by atoms with Gasteiger partial charge in [-0.1, -0.05) is 12.1 Å². The minimum atomic E-state index is 0.770. The molecule has 2 N–H and O–H groups in total. The number of hydrogen-bond donors (Lipinski definition) is 1. The second-order valence-electron chi connectivity index (χ2n) is 4.60. The molecular formula is C15H19N3O. The molecule has 0 bridgehead atoms. The predicted molar refractivity (Wildman–Crippen MR) is 78.5 cm³/mol. The number of anilines is 2. The summed E-state index contributed by atoms with van der Waals surface area (Å²) in [5.74, 6) is 1.74. The third kappa shape index (κ3) is 3.16. The first-order chi connectivity index (χ1) is 9.10. The number of methoxy groups -OCH3 is 1. The maximum absolute atomic E-state index is 5.91. The van der Waals surface area contributed by atoms with Crippen molar-refractivity contribution in [1.29, 1.82) is 0 Å². The highest BCUT2D eigenvalue weighted by atomic mass is 16.5. The molecule has 4 heteroatoms. The van der Waals surface area contributed by atoms with Gasteiger partial charge in [-0.15, -0.1) is 0 Å². The van der Waals surface area contributed by atoms with Crippen molar-refractivity contribution in [2.24, 2.45) is 0 Å². The SMILES string of the molecule is COc1ccc(CN(C)c2cc(N)c(C)cn2)cc1. The van der Waals surface area contributed by atoms with Gasteiger partial charge in [-0.2, -0.15) is 0 Å². The van der Waals surface area contributed by atoms with Crippen molar-refractivity contribution < 1.29 is 4.74 Å². The van der Waals surface area contributed by atoms with E-state index in [4.69, 9.17) is 10.5 Å². The molecule has 0 atom stereocenters. The summed E-state index contributed by atoms with van der Waals surface area (Å²) in [5.41, 5.74) is 8.88. The average Bonchev–Trinajstić information content (AvgIpc) is 2.42. The van der Waals surface area contributed by atoms with Gasteiger partial charge in [-0.3, -0.25) is 0 Å². The summed E-state index contributed by atoms with van der Waals surface area (Å²) in [7, 11) is 3.67. The van der Waals surface area contributed by atoms with Crippen LogP contribution in [0.3, 0.4) is 0 Å². The van der Waals surface area contributed by atoms with Gasteiger partial charge in [0.15, 0.2) is 0 Å². The average molecular weight is 257 g/mol. The second-order valence-corrected chi connectivity index (χ2v) is 4.60. The summed E-state index contributed by atoms with van der Waals surface area (Å²) in [6.45, 7) is 2.73. The Kier molecular flexibility index (Phi) is 3.90. The summed E-state index contributed by atoms with van der Waals surface area (Å²) in [5, 5.41) is 0. The van der Waals surface area contributed by atoms with E-state index in [9.17, 15) is 0 Å². The van der Waals surface area contributed by atoms with Gasteiger partial charge in [0.25, 0.3) is 0 Å². The van der Waals surface area contributed by atoms with Gasteiger partial charge in [0.1, 0.15) is 11.6 Å². The van der Waals surface area contributed by atoms with E-state index in [0.29, 0.717) is 0 Å². The molecular weight excluding hydrogens is 238 g/mol. The van der Waals surface area contributed by atoms with Crippen molar-refractivity contribution in [3.8, 4) is 5.75 Å². The number of rotatable bonds is 4. The number of nitrogens with two attached hydrogens (primary N) is 1. The molecule has 19 heavy (non-hydrogen) atoms. The first kappa shape index (κ1) is 13.2. The molecule has 1 aromatic carbocycles. The van der Waals surface area contributed by atoms with Crippen LogP contribution in [0.15, 0.2) is 36.5 Å². The fraction of sp³-hybridized carbons (Fsp3) is 0.267. The largest absolute Gasteiger partial charge is 0.497 e.